The predicted octanol–water partition coefficient (Wildman–Crippen LogP) is 3.55. The largest absolute Gasteiger partial charge is 0.494 e. The summed E-state index contributed by atoms with van der Waals surface area (Å²) in [5.41, 5.74) is 3.42. The van der Waals surface area contributed by atoms with Crippen LogP contribution in [0.2, 0.25) is 0 Å². The molecule has 1 heterocycles. The maximum atomic E-state index is 5.40. The topological polar surface area (TPSA) is 34.2 Å². The number of benzene rings is 1. The maximum Gasteiger partial charge on any atom is 0.145 e. The van der Waals surface area contributed by atoms with E-state index in [-0.39, 0.29) is 0 Å². The second kappa shape index (κ2) is 5.25. The highest BCUT2D eigenvalue weighted by molar-refractivity contribution is 5.89. The fourth-order valence-electron chi connectivity index (χ4n) is 2.17. The molecule has 3 heteroatoms. The average molecular weight is 244 g/mol. The van der Waals surface area contributed by atoms with E-state index >= 15 is 0 Å². The number of aromatic nitrogens is 1. The van der Waals surface area contributed by atoms with Crippen LogP contribution < -0.4 is 10.1 Å². The van der Waals surface area contributed by atoms with Gasteiger partial charge in [-0.05, 0) is 43.5 Å². The Balaban J connectivity index is 2.73. The molecule has 0 atom stereocenters. The molecule has 1 aromatic carbocycles. The number of pyridine rings is 1. The number of nitrogens with one attached hydrogen (secondary N) is 1. The summed E-state index contributed by atoms with van der Waals surface area (Å²) in [6, 6.07) is 6.28. The number of hydrogen-bond acceptors (Lipinski definition) is 3. The summed E-state index contributed by atoms with van der Waals surface area (Å²) in [6.45, 7) is 7.22. The summed E-state index contributed by atoms with van der Waals surface area (Å²) < 4.78 is 5.40. The quantitative estimate of drug-likeness (QED) is 0.893. The van der Waals surface area contributed by atoms with Gasteiger partial charge in [0.25, 0.3) is 0 Å². The van der Waals surface area contributed by atoms with Crippen molar-refractivity contribution >= 4 is 16.7 Å². The third-order valence-electron chi connectivity index (χ3n) is 3.19. The first-order chi connectivity index (χ1) is 8.71. The van der Waals surface area contributed by atoms with Gasteiger partial charge in [0, 0.05) is 11.9 Å². The molecule has 2 rings (SSSR count). The fraction of sp³-hybridized carbons (Fsp3) is 0.400. The molecule has 0 aliphatic heterocycles. The standard InChI is InChI=1S/C15H20N2O/c1-5-11-9-12-10(3)7-8-13(18-4)14(12)17-15(11)16-6-2/h7-9H,5-6H2,1-4H3,(H,16,17). The SMILES string of the molecule is CCNc1nc2c(OC)ccc(C)c2cc1CC. The van der Waals surface area contributed by atoms with Crippen molar-refractivity contribution in [3.8, 4) is 5.75 Å². The summed E-state index contributed by atoms with van der Waals surface area (Å²) in [4.78, 5) is 4.73. The van der Waals surface area contributed by atoms with Crippen molar-refractivity contribution in [2.24, 2.45) is 0 Å². The van der Waals surface area contributed by atoms with Crippen LogP contribution in [0.15, 0.2) is 18.2 Å². The maximum absolute atomic E-state index is 5.40. The van der Waals surface area contributed by atoms with Crippen LogP contribution >= 0.6 is 0 Å². The lowest BCUT2D eigenvalue weighted by Gasteiger charge is -2.13. The van der Waals surface area contributed by atoms with E-state index in [9.17, 15) is 0 Å². The van der Waals surface area contributed by atoms with Crippen molar-refractivity contribution in [1.29, 1.82) is 0 Å². The smallest absolute Gasteiger partial charge is 0.145 e. The van der Waals surface area contributed by atoms with Gasteiger partial charge in [0.2, 0.25) is 0 Å². The number of hydrogen-bond donors (Lipinski definition) is 1. The minimum absolute atomic E-state index is 0.831. The third kappa shape index (κ3) is 2.13. The predicted molar refractivity (Wildman–Crippen MR) is 76.6 cm³/mol. The Bertz CT molecular complexity index is 564. The minimum Gasteiger partial charge on any atom is -0.494 e. The van der Waals surface area contributed by atoms with Crippen molar-refractivity contribution in [3.63, 3.8) is 0 Å². The molecule has 1 aromatic heterocycles. The molecule has 0 aliphatic carbocycles. The lowest BCUT2D eigenvalue weighted by Crippen LogP contribution is -2.04. The molecule has 0 amide bonds. The summed E-state index contributed by atoms with van der Waals surface area (Å²) in [5, 5.41) is 4.50. The number of nitrogens with zero attached hydrogens (tertiary/aromatic N) is 1. The van der Waals surface area contributed by atoms with Gasteiger partial charge < -0.3 is 10.1 Å². The van der Waals surface area contributed by atoms with E-state index in [1.54, 1.807) is 7.11 Å². The van der Waals surface area contributed by atoms with Crippen LogP contribution in [0.25, 0.3) is 10.9 Å². The number of aryl methyl sites for hydroxylation is 2. The Hall–Kier alpha value is -1.77. The van der Waals surface area contributed by atoms with Gasteiger partial charge in [0.1, 0.15) is 17.1 Å². The summed E-state index contributed by atoms with van der Waals surface area (Å²) >= 11 is 0. The van der Waals surface area contributed by atoms with Crippen LogP contribution in [-0.4, -0.2) is 18.6 Å². The van der Waals surface area contributed by atoms with Gasteiger partial charge in [0.05, 0.1) is 7.11 Å². The van der Waals surface area contributed by atoms with Crippen molar-refractivity contribution in [2.45, 2.75) is 27.2 Å². The molecule has 2 aromatic rings. The molecule has 0 saturated heterocycles. The molecule has 96 valence electrons. The van der Waals surface area contributed by atoms with Crippen molar-refractivity contribution < 1.29 is 4.74 Å². The molecule has 0 bridgehead atoms. The zero-order valence-electron chi connectivity index (χ0n) is 11.5. The van der Waals surface area contributed by atoms with Crippen LogP contribution in [-0.2, 0) is 6.42 Å². The van der Waals surface area contributed by atoms with E-state index in [1.165, 1.54) is 16.5 Å². The number of ether oxygens (including phenoxy) is 1. The molecular weight excluding hydrogens is 224 g/mol. The molecule has 0 saturated carbocycles. The van der Waals surface area contributed by atoms with Gasteiger partial charge in [-0.1, -0.05) is 13.0 Å². The molecule has 0 aliphatic rings. The van der Waals surface area contributed by atoms with Crippen molar-refractivity contribution in [1.82, 2.24) is 4.98 Å². The normalized spacial score (nSPS) is 10.7. The first-order valence-electron chi connectivity index (χ1n) is 6.42. The number of fused-ring (bicyclic) bond motifs is 1. The summed E-state index contributed by atoms with van der Waals surface area (Å²) in [7, 11) is 1.69. The molecular formula is C15H20N2O. The first kappa shape index (κ1) is 12.7. The van der Waals surface area contributed by atoms with E-state index < -0.39 is 0 Å². The lowest BCUT2D eigenvalue weighted by molar-refractivity contribution is 0.419. The van der Waals surface area contributed by atoms with E-state index in [2.05, 4.69) is 38.2 Å². The van der Waals surface area contributed by atoms with E-state index in [1.807, 2.05) is 6.07 Å². The Kier molecular flexibility index (Phi) is 3.70. The molecule has 0 radical (unpaired) electrons. The molecule has 18 heavy (non-hydrogen) atoms. The van der Waals surface area contributed by atoms with Crippen molar-refractivity contribution in [2.75, 3.05) is 19.0 Å². The molecule has 0 fully saturated rings. The van der Waals surface area contributed by atoms with Gasteiger partial charge >= 0.3 is 0 Å². The highest BCUT2D eigenvalue weighted by Crippen LogP contribution is 2.30. The minimum atomic E-state index is 0.831. The van der Waals surface area contributed by atoms with Crippen LogP contribution in [0.3, 0.4) is 0 Å². The van der Waals surface area contributed by atoms with E-state index in [4.69, 9.17) is 9.72 Å². The fourth-order valence-corrected chi connectivity index (χ4v) is 2.17. The molecule has 1 N–H and O–H groups in total. The van der Waals surface area contributed by atoms with Gasteiger partial charge in [-0.3, -0.25) is 0 Å². The number of rotatable bonds is 4. The first-order valence-corrected chi connectivity index (χ1v) is 6.42. The Morgan fingerprint density at radius 3 is 2.67 bits per heavy atom. The van der Waals surface area contributed by atoms with Gasteiger partial charge in [-0.2, -0.15) is 0 Å². The highest BCUT2D eigenvalue weighted by atomic mass is 16.5. The van der Waals surface area contributed by atoms with Crippen LogP contribution in [0.1, 0.15) is 25.0 Å². The van der Waals surface area contributed by atoms with E-state index in [0.717, 1.165) is 30.0 Å². The van der Waals surface area contributed by atoms with Gasteiger partial charge in [-0.15, -0.1) is 0 Å². The van der Waals surface area contributed by atoms with Gasteiger partial charge in [0.15, 0.2) is 0 Å². The number of anilines is 1. The van der Waals surface area contributed by atoms with E-state index in [0.29, 0.717) is 0 Å². The average Bonchev–Trinajstić information content (AvgIpc) is 2.39. The second-order valence-corrected chi connectivity index (χ2v) is 4.36. The zero-order valence-corrected chi connectivity index (χ0v) is 11.5. The molecule has 0 unspecified atom stereocenters. The van der Waals surface area contributed by atoms with Gasteiger partial charge in [-0.25, -0.2) is 4.98 Å². The van der Waals surface area contributed by atoms with Crippen molar-refractivity contribution in [3.05, 3.63) is 29.3 Å². The highest BCUT2D eigenvalue weighted by Gasteiger charge is 2.10. The monoisotopic (exact) mass is 244 g/mol. The van der Waals surface area contributed by atoms with Crippen LogP contribution in [0, 0.1) is 6.92 Å². The Labute approximate surface area is 108 Å². The summed E-state index contributed by atoms with van der Waals surface area (Å²) in [6.07, 6.45) is 0.974. The number of methoxy groups -OCH3 is 1. The molecule has 0 spiro atoms. The lowest BCUT2D eigenvalue weighted by atomic mass is 10.0. The Morgan fingerprint density at radius 1 is 1.28 bits per heavy atom. The Morgan fingerprint density at radius 2 is 2.06 bits per heavy atom. The zero-order chi connectivity index (χ0) is 13.1. The van der Waals surface area contributed by atoms with Crippen LogP contribution in [0.5, 0.6) is 5.75 Å². The molecule has 3 nitrogen and oxygen atoms in total. The third-order valence-corrected chi connectivity index (χ3v) is 3.19. The van der Waals surface area contributed by atoms with Crippen LogP contribution in [0.4, 0.5) is 5.82 Å². The summed E-state index contributed by atoms with van der Waals surface area (Å²) in [5.74, 6) is 1.80. The second-order valence-electron chi connectivity index (χ2n) is 4.36.